The topological polar surface area (TPSA) is 38.5 Å². The fourth-order valence-electron chi connectivity index (χ4n) is 2.45. The highest BCUT2D eigenvalue weighted by Crippen LogP contribution is 2.21. The smallest absolute Gasteiger partial charge is 0.104 e. The number of nitrogens with two attached hydrogens (primary N) is 1. The van der Waals surface area contributed by atoms with E-state index in [-0.39, 0.29) is 0 Å². The van der Waals surface area contributed by atoms with Crippen molar-refractivity contribution in [3.8, 4) is 0 Å². The van der Waals surface area contributed by atoms with Gasteiger partial charge in [0, 0.05) is 30.3 Å². The van der Waals surface area contributed by atoms with Crippen LogP contribution in [-0.4, -0.2) is 35.7 Å². The van der Waals surface area contributed by atoms with E-state index in [4.69, 9.17) is 34.3 Å². The van der Waals surface area contributed by atoms with Gasteiger partial charge in [0.2, 0.25) is 0 Å². The Labute approximate surface area is 131 Å². The minimum absolute atomic E-state index is 0.365. The molecule has 1 unspecified atom stereocenters. The summed E-state index contributed by atoms with van der Waals surface area (Å²) in [6, 6.07) is 5.79. The summed E-state index contributed by atoms with van der Waals surface area (Å²) in [5.41, 5.74) is 7.53. The highest BCUT2D eigenvalue weighted by Gasteiger charge is 2.19. The summed E-state index contributed by atoms with van der Waals surface area (Å²) >= 11 is 11.3. The number of nitrogens with zero attached hydrogens (tertiary/aromatic N) is 1. The molecule has 1 aromatic carbocycles. The average molecular weight is 313 g/mol. The molecule has 5 heteroatoms. The maximum absolute atomic E-state index is 6.32. The van der Waals surface area contributed by atoms with Crippen molar-refractivity contribution in [1.29, 1.82) is 0 Å². The third-order valence-electron chi connectivity index (χ3n) is 3.66. The molecule has 0 aliphatic carbocycles. The van der Waals surface area contributed by atoms with E-state index in [0.717, 1.165) is 48.8 Å². The summed E-state index contributed by atoms with van der Waals surface area (Å²) < 4.78 is 5.70. The lowest BCUT2D eigenvalue weighted by atomic mass is 10.1. The van der Waals surface area contributed by atoms with Gasteiger partial charge in [-0.1, -0.05) is 42.9 Å². The number of likely N-dealkylation sites (N-methyl/N-ethyl adjacent to an activating group) is 1. The number of rotatable bonds is 6. The molecule has 3 nitrogen and oxygen atoms in total. The van der Waals surface area contributed by atoms with Crippen molar-refractivity contribution in [3.63, 3.8) is 0 Å². The third kappa shape index (κ3) is 4.16. The second-order valence-corrected chi connectivity index (χ2v) is 5.98. The predicted octanol–water partition coefficient (Wildman–Crippen LogP) is 2.98. The second kappa shape index (κ2) is 7.36. The number of benzene rings is 1. The van der Waals surface area contributed by atoms with E-state index >= 15 is 0 Å². The van der Waals surface area contributed by atoms with E-state index in [1.807, 2.05) is 18.2 Å². The maximum Gasteiger partial charge on any atom is 0.104 e. The maximum atomic E-state index is 6.32. The lowest BCUT2D eigenvalue weighted by Gasteiger charge is -2.24. The quantitative estimate of drug-likeness (QED) is 0.820. The first-order valence-electron chi connectivity index (χ1n) is 7.02. The standard InChI is InChI=1S/C15H21ClN2OS/c1-2-18(10-13-4-3-7-19-13)9-12-6-5-11(15(17)20)8-14(12)16/h5-6,8,13H,2-4,7,9-10H2,1H3,(H2,17,20). The Morgan fingerprint density at radius 3 is 2.90 bits per heavy atom. The Kier molecular flexibility index (Phi) is 5.78. The summed E-state index contributed by atoms with van der Waals surface area (Å²) in [7, 11) is 0. The normalized spacial score (nSPS) is 18.6. The molecular weight excluding hydrogens is 292 g/mol. The van der Waals surface area contributed by atoms with Gasteiger partial charge in [-0.15, -0.1) is 0 Å². The van der Waals surface area contributed by atoms with Gasteiger partial charge in [0.1, 0.15) is 4.99 Å². The van der Waals surface area contributed by atoms with Crippen LogP contribution in [-0.2, 0) is 11.3 Å². The van der Waals surface area contributed by atoms with E-state index in [9.17, 15) is 0 Å². The monoisotopic (exact) mass is 312 g/mol. The Balaban J connectivity index is 2.01. The molecule has 0 saturated carbocycles. The Morgan fingerprint density at radius 2 is 2.35 bits per heavy atom. The molecule has 1 aliphatic rings. The molecule has 1 heterocycles. The Morgan fingerprint density at radius 1 is 1.55 bits per heavy atom. The summed E-state index contributed by atoms with van der Waals surface area (Å²) in [6.45, 7) is 5.82. The molecule has 0 bridgehead atoms. The van der Waals surface area contributed by atoms with Gasteiger partial charge in [-0.2, -0.15) is 0 Å². The fraction of sp³-hybridized carbons (Fsp3) is 0.533. The highest BCUT2D eigenvalue weighted by molar-refractivity contribution is 7.80. The molecule has 1 fully saturated rings. The van der Waals surface area contributed by atoms with Gasteiger partial charge in [0.05, 0.1) is 6.10 Å². The molecule has 2 N–H and O–H groups in total. The van der Waals surface area contributed by atoms with Gasteiger partial charge < -0.3 is 10.5 Å². The minimum Gasteiger partial charge on any atom is -0.389 e. The van der Waals surface area contributed by atoms with Crippen molar-refractivity contribution in [2.24, 2.45) is 5.73 Å². The SMILES string of the molecule is CCN(Cc1ccc(C(N)=S)cc1Cl)CC1CCCO1. The molecule has 0 spiro atoms. The van der Waals surface area contributed by atoms with Crippen molar-refractivity contribution in [3.05, 3.63) is 34.3 Å². The highest BCUT2D eigenvalue weighted by atomic mass is 35.5. The second-order valence-electron chi connectivity index (χ2n) is 5.13. The van der Waals surface area contributed by atoms with E-state index in [1.54, 1.807) is 0 Å². The van der Waals surface area contributed by atoms with Crippen molar-refractivity contribution >= 4 is 28.8 Å². The van der Waals surface area contributed by atoms with Crippen LogP contribution in [0.2, 0.25) is 5.02 Å². The molecule has 1 aromatic rings. The molecule has 0 amide bonds. The molecule has 110 valence electrons. The zero-order valence-electron chi connectivity index (χ0n) is 11.8. The van der Waals surface area contributed by atoms with Crippen LogP contribution in [0.3, 0.4) is 0 Å². The number of hydrogen-bond acceptors (Lipinski definition) is 3. The van der Waals surface area contributed by atoms with Crippen LogP contribution in [0.4, 0.5) is 0 Å². The Hall–Kier alpha value is -0.680. The van der Waals surface area contributed by atoms with Crippen LogP contribution >= 0.6 is 23.8 Å². The van der Waals surface area contributed by atoms with Crippen LogP contribution in [0.1, 0.15) is 30.9 Å². The van der Waals surface area contributed by atoms with Crippen molar-refractivity contribution in [2.45, 2.75) is 32.4 Å². The predicted molar refractivity (Wildman–Crippen MR) is 87.3 cm³/mol. The van der Waals surface area contributed by atoms with Crippen LogP contribution in [0.25, 0.3) is 0 Å². The van der Waals surface area contributed by atoms with Gasteiger partial charge in [0.15, 0.2) is 0 Å². The molecule has 2 rings (SSSR count). The third-order valence-corrected chi connectivity index (χ3v) is 4.25. The first-order valence-corrected chi connectivity index (χ1v) is 7.81. The summed E-state index contributed by atoms with van der Waals surface area (Å²) in [6.07, 6.45) is 2.69. The van der Waals surface area contributed by atoms with Crippen molar-refractivity contribution in [2.75, 3.05) is 19.7 Å². The van der Waals surface area contributed by atoms with E-state index in [2.05, 4.69) is 11.8 Å². The molecule has 0 radical (unpaired) electrons. The van der Waals surface area contributed by atoms with Gasteiger partial charge in [0.25, 0.3) is 0 Å². The first kappa shape index (κ1) is 15.7. The van der Waals surface area contributed by atoms with Gasteiger partial charge in [-0.05, 0) is 31.0 Å². The average Bonchev–Trinajstić information content (AvgIpc) is 2.92. The van der Waals surface area contributed by atoms with Gasteiger partial charge in [-0.25, -0.2) is 0 Å². The zero-order valence-corrected chi connectivity index (χ0v) is 13.3. The largest absolute Gasteiger partial charge is 0.389 e. The summed E-state index contributed by atoms with van der Waals surface area (Å²) in [4.78, 5) is 2.74. The van der Waals surface area contributed by atoms with Crippen molar-refractivity contribution < 1.29 is 4.74 Å². The van der Waals surface area contributed by atoms with Crippen LogP contribution in [0, 0.1) is 0 Å². The molecule has 1 saturated heterocycles. The van der Waals surface area contributed by atoms with Gasteiger partial charge >= 0.3 is 0 Å². The summed E-state index contributed by atoms with van der Waals surface area (Å²) in [5.74, 6) is 0. The molecule has 0 aromatic heterocycles. The first-order chi connectivity index (χ1) is 9.60. The molecule has 1 atom stereocenters. The summed E-state index contributed by atoms with van der Waals surface area (Å²) in [5, 5.41) is 0.723. The minimum atomic E-state index is 0.365. The van der Waals surface area contributed by atoms with E-state index < -0.39 is 0 Å². The number of halogens is 1. The number of ether oxygens (including phenoxy) is 1. The number of thiocarbonyl (C=S) groups is 1. The lowest BCUT2D eigenvalue weighted by Crippen LogP contribution is -2.31. The van der Waals surface area contributed by atoms with Gasteiger partial charge in [-0.3, -0.25) is 4.90 Å². The van der Waals surface area contributed by atoms with Crippen molar-refractivity contribution in [1.82, 2.24) is 4.90 Å². The van der Waals surface area contributed by atoms with Crippen LogP contribution < -0.4 is 5.73 Å². The lowest BCUT2D eigenvalue weighted by molar-refractivity contribution is 0.0725. The fourth-order valence-corrected chi connectivity index (χ4v) is 2.82. The zero-order chi connectivity index (χ0) is 14.5. The molecular formula is C15H21ClN2OS. The van der Waals surface area contributed by atoms with E-state index in [0.29, 0.717) is 11.1 Å². The van der Waals surface area contributed by atoms with E-state index in [1.165, 1.54) is 6.42 Å². The molecule has 1 aliphatic heterocycles. The van der Waals surface area contributed by atoms with Crippen LogP contribution in [0.15, 0.2) is 18.2 Å². The Bertz CT molecular complexity index is 475. The van der Waals surface area contributed by atoms with Crippen LogP contribution in [0.5, 0.6) is 0 Å². The molecule has 20 heavy (non-hydrogen) atoms. The number of hydrogen-bond donors (Lipinski definition) is 1.